The Bertz CT molecular complexity index is 561. The lowest BCUT2D eigenvalue weighted by atomic mass is 10.0. The molecule has 3 rings (SSSR count). The largest absolute Gasteiger partial charge is 0.338 e. The Morgan fingerprint density at radius 1 is 1.30 bits per heavy atom. The van der Waals surface area contributed by atoms with Gasteiger partial charge in [0.05, 0.1) is 4.92 Å². The zero-order chi connectivity index (χ0) is 14.3. The van der Waals surface area contributed by atoms with Crippen molar-refractivity contribution in [2.45, 2.75) is 6.92 Å². The normalized spacial score (nSPS) is 24.8. The van der Waals surface area contributed by atoms with E-state index in [4.69, 9.17) is 0 Å². The maximum Gasteiger partial charge on any atom is 0.270 e. The number of nitro groups is 1. The van der Waals surface area contributed by atoms with Crippen LogP contribution in [0.4, 0.5) is 5.69 Å². The van der Waals surface area contributed by atoms with Crippen LogP contribution in [-0.4, -0.2) is 41.9 Å². The van der Waals surface area contributed by atoms with Crippen molar-refractivity contribution in [2.24, 2.45) is 11.8 Å². The molecule has 0 bridgehead atoms. The van der Waals surface area contributed by atoms with E-state index in [2.05, 4.69) is 5.32 Å². The molecule has 0 saturated carbocycles. The van der Waals surface area contributed by atoms with E-state index in [1.807, 2.05) is 4.90 Å². The minimum atomic E-state index is -0.452. The number of nitrogens with one attached hydrogen (secondary N) is 1. The smallest absolute Gasteiger partial charge is 0.270 e. The summed E-state index contributed by atoms with van der Waals surface area (Å²) in [6, 6.07) is 4.59. The van der Waals surface area contributed by atoms with Crippen LogP contribution in [-0.2, 0) is 0 Å². The first-order valence-electron chi connectivity index (χ1n) is 6.80. The van der Waals surface area contributed by atoms with Crippen LogP contribution in [0.25, 0.3) is 0 Å². The molecule has 1 N–H and O–H groups in total. The Labute approximate surface area is 116 Å². The predicted octanol–water partition coefficient (Wildman–Crippen LogP) is 1.19. The Kier molecular flexibility index (Phi) is 3.17. The summed E-state index contributed by atoms with van der Waals surface area (Å²) in [5.41, 5.74) is 1.14. The van der Waals surface area contributed by atoms with Crippen LogP contribution in [0.15, 0.2) is 18.2 Å². The maximum absolute atomic E-state index is 12.5. The lowest BCUT2D eigenvalue weighted by Crippen LogP contribution is -2.31. The molecule has 6 heteroatoms. The second-order valence-corrected chi connectivity index (χ2v) is 5.70. The number of nitro benzene ring substituents is 1. The summed E-state index contributed by atoms with van der Waals surface area (Å²) in [5, 5.41) is 14.2. The average Bonchev–Trinajstić information content (AvgIpc) is 2.97. The van der Waals surface area contributed by atoms with Crippen molar-refractivity contribution < 1.29 is 9.72 Å². The number of aryl methyl sites for hydroxylation is 1. The number of carbonyl (C=O) groups excluding carboxylic acids is 1. The minimum Gasteiger partial charge on any atom is -0.338 e. The highest BCUT2D eigenvalue weighted by atomic mass is 16.6. The highest BCUT2D eigenvalue weighted by Gasteiger charge is 2.38. The second kappa shape index (κ2) is 4.86. The third kappa shape index (κ3) is 2.27. The number of amides is 1. The van der Waals surface area contributed by atoms with E-state index in [1.165, 1.54) is 12.1 Å². The number of nitrogens with zero attached hydrogens (tertiary/aromatic N) is 2. The maximum atomic E-state index is 12.5. The number of likely N-dealkylation sites (tertiary alicyclic amines) is 1. The molecule has 6 nitrogen and oxygen atoms in total. The molecular weight excluding hydrogens is 258 g/mol. The lowest BCUT2D eigenvalue weighted by Gasteiger charge is -2.17. The zero-order valence-corrected chi connectivity index (χ0v) is 11.3. The molecule has 0 aliphatic carbocycles. The first-order chi connectivity index (χ1) is 9.54. The Hall–Kier alpha value is -1.95. The number of hydrogen-bond donors (Lipinski definition) is 1. The summed E-state index contributed by atoms with van der Waals surface area (Å²) in [7, 11) is 0. The molecule has 2 aliphatic rings. The number of carbonyl (C=O) groups is 1. The number of fused-ring (bicyclic) bond motifs is 1. The third-order valence-electron chi connectivity index (χ3n) is 4.20. The SMILES string of the molecule is Cc1cc(C(=O)N2CC3CNCC3C2)cc([N+](=O)[O-])c1. The first-order valence-corrected chi connectivity index (χ1v) is 6.80. The molecule has 2 aliphatic heterocycles. The van der Waals surface area contributed by atoms with Crippen LogP contribution in [0.2, 0.25) is 0 Å². The molecule has 1 aromatic rings. The fourth-order valence-corrected chi connectivity index (χ4v) is 3.20. The van der Waals surface area contributed by atoms with Crippen molar-refractivity contribution in [1.82, 2.24) is 10.2 Å². The highest BCUT2D eigenvalue weighted by Crippen LogP contribution is 2.28. The van der Waals surface area contributed by atoms with Crippen LogP contribution in [0.5, 0.6) is 0 Å². The molecule has 1 aromatic carbocycles. The van der Waals surface area contributed by atoms with Crippen molar-refractivity contribution in [3.8, 4) is 0 Å². The van der Waals surface area contributed by atoms with Crippen LogP contribution in [0.3, 0.4) is 0 Å². The van der Waals surface area contributed by atoms with Crippen molar-refractivity contribution in [3.63, 3.8) is 0 Å². The molecule has 2 atom stereocenters. The molecule has 2 saturated heterocycles. The number of non-ortho nitro benzene ring substituents is 1. The summed E-state index contributed by atoms with van der Waals surface area (Å²) in [5.74, 6) is 0.962. The van der Waals surface area contributed by atoms with Gasteiger partial charge in [0.15, 0.2) is 0 Å². The van der Waals surface area contributed by atoms with E-state index in [0.29, 0.717) is 17.4 Å². The number of hydrogen-bond acceptors (Lipinski definition) is 4. The van der Waals surface area contributed by atoms with E-state index in [1.54, 1.807) is 13.0 Å². The van der Waals surface area contributed by atoms with Crippen LogP contribution >= 0.6 is 0 Å². The Balaban J connectivity index is 1.82. The Morgan fingerprint density at radius 2 is 1.95 bits per heavy atom. The minimum absolute atomic E-state index is 0.0191. The van der Waals surface area contributed by atoms with Gasteiger partial charge in [0, 0.05) is 43.9 Å². The van der Waals surface area contributed by atoms with Gasteiger partial charge < -0.3 is 10.2 Å². The van der Waals surface area contributed by atoms with E-state index in [9.17, 15) is 14.9 Å². The van der Waals surface area contributed by atoms with Gasteiger partial charge in [-0.25, -0.2) is 0 Å². The van der Waals surface area contributed by atoms with Crippen molar-refractivity contribution in [2.75, 3.05) is 26.2 Å². The fourth-order valence-electron chi connectivity index (χ4n) is 3.20. The quantitative estimate of drug-likeness (QED) is 0.650. The molecule has 0 spiro atoms. The molecule has 0 radical (unpaired) electrons. The summed E-state index contributed by atoms with van der Waals surface area (Å²) in [4.78, 5) is 24.7. The van der Waals surface area contributed by atoms with E-state index in [-0.39, 0.29) is 11.6 Å². The summed E-state index contributed by atoms with van der Waals surface area (Å²) in [6.45, 7) is 5.19. The lowest BCUT2D eigenvalue weighted by molar-refractivity contribution is -0.384. The van der Waals surface area contributed by atoms with E-state index < -0.39 is 4.92 Å². The van der Waals surface area contributed by atoms with Gasteiger partial charge in [-0.3, -0.25) is 14.9 Å². The standard InChI is InChI=1S/C14H17N3O3/c1-9-2-10(4-13(3-9)17(19)20)14(18)16-7-11-5-15-6-12(11)8-16/h2-4,11-12,15H,5-8H2,1H3. The van der Waals surface area contributed by atoms with Crippen LogP contribution < -0.4 is 5.32 Å². The molecule has 1 amide bonds. The van der Waals surface area contributed by atoms with Gasteiger partial charge in [-0.1, -0.05) is 0 Å². The van der Waals surface area contributed by atoms with Gasteiger partial charge in [0.25, 0.3) is 11.6 Å². The summed E-state index contributed by atoms with van der Waals surface area (Å²) in [6.07, 6.45) is 0. The van der Waals surface area contributed by atoms with Crippen LogP contribution in [0.1, 0.15) is 15.9 Å². The second-order valence-electron chi connectivity index (χ2n) is 5.70. The topological polar surface area (TPSA) is 75.5 Å². The molecule has 2 fully saturated rings. The van der Waals surface area contributed by atoms with Gasteiger partial charge >= 0.3 is 0 Å². The summed E-state index contributed by atoms with van der Waals surface area (Å²) < 4.78 is 0. The van der Waals surface area contributed by atoms with Gasteiger partial charge in [-0.2, -0.15) is 0 Å². The fraction of sp³-hybridized carbons (Fsp3) is 0.500. The van der Waals surface area contributed by atoms with Crippen molar-refractivity contribution >= 4 is 11.6 Å². The molecular formula is C14H17N3O3. The van der Waals surface area contributed by atoms with Gasteiger partial charge in [0.2, 0.25) is 0 Å². The first kappa shape index (κ1) is 13.1. The summed E-state index contributed by atoms with van der Waals surface area (Å²) >= 11 is 0. The molecule has 2 unspecified atom stereocenters. The van der Waals surface area contributed by atoms with Crippen molar-refractivity contribution in [3.05, 3.63) is 39.4 Å². The van der Waals surface area contributed by atoms with Crippen molar-refractivity contribution in [1.29, 1.82) is 0 Å². The highest BCUT2D eigenvalue weighted by molar-refractivity contribution is 5.95. The van der Waals surface area contributed by atoms with Crippen LogP contribution in [0, 0.1) is 28.9 Å². The average molecular weight is 275 g/mol. The molecule has 2 heterocycles. The van der Waals surface area contributed by atoms with Gasteiger partial charge in [-0.15, -0.1) is 0 Å². The van der Waals surface area contributed by atoms with Gasteiger partial charge in [0.1, 0.15) is 0 Å². The molecule has 20 heavy (non-hydrogen) atoms. The monoisotopic (exact) mass is 275 g/mol. The van der Waals surface area contributed by atoms with Gasteiger partial charge in [-0.05, 0) is 30.4 Å². The zero-order valence-electron chi connectivity index (χ0n) is 11.3. The Morgan fingerprint density at radius 3 is 2.55 bits per heavy atom. The molecule has 0 aromatic heterocycles. The molecule has 106 valence electrons. The third-order valence-corrected chi connectivity index (χ3v) is 4.20. The predicted molar refractivity (Wildman–Crippen MR) is 73.6 cm³/mol. The van der Waals surface area contributed by atoms with E-state index in [0.717, 1.165) is 31.7 Å². The van der Waals surface area contributed by atoms with E-state index >= 15 is 0 Å². The number of rotatable bonds is 2. The number of benzene rings is 1.